The molecular formula is C9H13NS. The van der Waals surface area contributed by atoms with Gasteiger partial charge >= 0.3 is 0 Å². The molecule has 0 saturated heterocycles. The van der Waals surface area contributed by atoms with Crippen LogP contribution in [0.5, 0.6) is 0 Å². The first-order valence-electron chi connectivity index (χ1n) is 3.69. The predicted molar refractivity (Wildman–Crippen MR) is 50.9 cm³/mol. The van der Waals surface area contributed by atoms with Crippen LogP contribution in [0.3, 0.4) is 0 Å². The summed E-state index contributed by atoms with van der Waals surface area (Å²) in [5.41, 5.74) is 2.39. The first-order valence-corrected chi connectivity index (χ1v) is 4.98. The summed E-state index contributed by atoms with van der Waals surface area (Å²) in [7, 11) is 0. The Morgan fingerprint density at radius 2 is 2.18 bits per heavy atom. The van der Waals surface area contributed by atoms with Gasteiger partial charge in [-0.25, -0.2) is 0 Å². The van der Waals surface area contributed by atoms with Crippen LogP contribution in [-0.2, 0) is 0 Å². The van der Waals surface area contributed by atoms with Gasteiger partial charge in [-0.2, -0.15) is 11.8 Å². The van der Waals surface area contributed by atoms with Crippen LogP contribution >= 0.6 is 11.8 Å². The number of nitrogens with zero attached hydrogens (tertiary/aromatic N) is 1. The zero-order chi connectivity index (χ0) is 8.27. The fraction of sp³-hybridized carbons (Fsp3) is 0.444. The van der Waals surface area contributed by atoms with Crippen molar-refractivity contribution in [3.63, 3.8) is 0 Å². The number of thioether (sulfide) groups is 1. The lowest BCUT2D eigenvalue weighted by Crippen LogP contribution is -1.91. The van der Waals surface area contributed by atoms with Crippen LogP contribution in [0.25, 0.3) is 0 Å². The Balaban J connectivity index is 2.81. The number of rotatable bonds is 2. The standard InChI is InChI=1S/C9H13NS/c1-7-4-5-9(10-6-7)8(2)11-3/h4-6,8H,1-3H3. The van der Waals surface area contributed by atoms with E-state index in [0.29, 0.717) is 5.25 Å². The Hall–Kier alpha value is -0.500. The average molecular weight is 167 g/mol. The van der Waals surface area contributed by atoms with Crippen molar-refractivity contribution in [3.8, 4) is 0 Å². The smallest absolute Gasteiger partial charge is 0.0530 e. The first-order chi connectivity index (χ1) is 5.24. The van der Waals surface area contributed by atoms with Crippen LogP contribution in [0.1, 0.15) is 23.4 Å². The maximum Gasteiger partial charge on any atom is 0.0530 e. The van der Waals surface area contributed by atoms with Crippen molar-refractivity contribution in [1.29, 1.82) is 0 Å². The minimum Gasteiger partial charge on any atom is -0.260 e. The van der Waals surface area contributed by atoms with Gasteiger partial charge in [0.15, 0.2) is 0 Å². The maximum atomic E-state index is 4.33. The molecule has 0 aliphatic rings. The van der Waals surface area contributed by atoms with Crippen LogP contribution in [0.2, 0.25) is 0 Å². The van der Waals surface area contributed by atoms with Gasteiger partial charge in [0, 0.05) is 11.4 Å². The van der Waals surface area contributed by atoms with E-state index in [9.17, 15) is 0 Å². The molecule has 0 bridgehead atoms. The average Bonchev–Trinajstić information content (AvgIpc) is 2.05. The molecule has 11 heavy (non-hydrogen) atoms. The summed E-state index contributed by atoms with van der Waals surface area (Å²) in [5.74, 6) is 0. The van der Waals surface area contributed by atoms with E-state index in [0.717, 1.165) is 0 Å². The molecule has 1 aromatic rings. The zero-order valence-electron chi connectivity index (χ0n) is 7.16. The monoisotopic (exact) mass is 167 g/mol. The van der Waals surface area contributed by atoms with Crippen molar-refractivity contribution in [2.24, 2.45) is 0 Å². The van der Waals surface area contributed by atoms with Crippen molar-refractivity contribution in [3.05, 3.63) is 29.6 Å². The van der Waals surface area contributed by atoms with E-state index >= 15 is 0 Å². The van der Waals surface area contributed by atoms with Crippen LogP contribution in [0, 0.1) is 6.92 Å². The highest BCUT2D eigenvalue weighted by Crippen LogP contribution is 2.23. The van der Waals surface area contributed by atoms with E-state index < -0.39 is 0 Å². The minimum absolute atomic E-state index is 0.510. The number of aryl methyl sites for hydroxylation is 1. The van der Waals surface area contributed by atoms with Crippen molar-refractivity contribution < 1.29 is 0 Å². The lowest BCUT2D eigenvalue weighted by atomic mass is 10.2. The second kappa shape index (κ2) is 3.77. The van der Waals surface area contributed by atoms with Gasteiger partial charge in [-0.05, 0) is 31.7 Å². The van der Waals surface area contributed by atoms with E-state index in [2.05, 4.69) is 37.2 Å². The second-order valence-electron chi connectivity index (χ2n) is 2.64. The highest BCUT2D eigenvalue weighted by atomic mass is 32.2. The number of pyridine rings is 1. The highest BCUT2D eigenvalue weighted by molar-refractivity contribution is 7.98. The number of hydrogen-bond donors (Lipinski definition) is 0. The Morgan fingerprint density at radius 1 is 1.45 bits per heavy atom. The van der Waals surface area contributed by atoms with Crippen molar-refractivity contribution in [2.45, 2.75) is 19.1 Å². The molecule has 1 nitrogen and oxygen atoms in total. The second-order valence-corrected chi connectivity index (χ2v) is 3.82. The van der Waals surface area contributed by atoms with Gasteiger partial charge in [0.1, 0.15) is 0 Å². The summed E-state index contributed by atoms with van der Waals surface area (Å²) in [6.07, 6.45) is 4.02. The molecule has 0 saturated carbocycles. The summed E-state index contributed by atoms with van der Waals surface area (Å²) in [5, 5.41) is 0.510. The summed E-state index contributed by atoms with van der Waals surface area (Å²) < 4.78 is 0. The molecule has 0 amide bonds. The molecule has 0 radical (unpaired) electrons. The minimum atomic E-state index is 0.510. The molecular weight excluding hydrogens is 154 g/mol. The fourth-order valence-corrected chi connectivity index (χ4v) is 1.22. The Labute approximate surface area is 72.2 Å². The molecule has 1 heterocycles. The Morgan fingerprint density at radius 3 is 2.64 bits per heavy atom. The van der Waals surface area contributed by atoms with Crippen LogP contribution in [0.15, 0.2) is 18.3 Å². The summed E-state index contributed by atoms with van der Waals surface area (Å²) in [4.78, 5) is 4.33. The van der Waals surface area contributed by atoms with E-state index in [1.54, 1.807) is 0 Å². The molecule has 1 unspecified atom stereocenters. The molecule has 0 aliphatic carbocycles. The van der Waals surface area contributed by atoms with E-state index in [1.165, 1.54) is 11.3 Å². The summed E-state index contributed by atoms with van der Waals surface area (Å²) in [6, 6.07) is 4.20. The van der Waals surface area contributed by atoms with Gasteiger partial charge < -0.3 is 0 Å². The molecule has 0 aliphatic heterocycles. The van der Waals surface area contributed by atoms with Crippen LogP contribution < -0.4 is 0 Å². The van der Waals surface area contributed by atoms with Gasteiger partial charge in [-0.15, -0.1) is 0 Å². The molecule has 60 valence electrons. The molecule has 1 atom stereocenters. The van der Waals surface area contributed by atoms with E-state index in [4.69, 9.17) is 0 Å². The number of hydrogen-bond acceptors (Lipinski definition) is 2. The summed E-state index contributed by atoms with van der Waals surface area (Å²) >= 11 is 1.82. The topological polar surface area (TPSA) is 12.9 Å². The van der Waals surface area contributed by atoms with Crippen molar-refractivity contribution in [1.82, 2.24) is 4.98 Å². The molecule has 0 fully saturated rings. The lowest BCUT2D eigenvalue weighted by Gasteiger charge is -2.06. The quantitative estimate of drug-likeness (QED) is 0.671. The maximum absolute atomic E-state index is 4.33. The van der Waals surface area contributed by atoms with Gasteiger partial charge in [-0.3, -0.25) is 4.98 Å². The Kier molecular flexibility index (Phi) is 2.94. The van der Waals surface area contributed by atoms with Gasteiger partial charge in [0.2, 0.25) is 0 Å². The molecule has 1 rings (SSSR count). The third-order valence-electron chi connectivity index (χ3n) is 1.70. The molecule has 0 spiro atoms. The van der Waals surface area contributed by atoms with Gasteiger partial charge in [0.25, 0.3) is 0 Å². The van der Waals surface area contributed by atoms with E-state index in [1.807, 2.05) is 18.0 Å². The van der Waals surface area contributed by atoms with Crippen molar-refractivity contribution >= 4 is 11.8 Å². The first kappa shape index (κ1) is 8.60. The SMILES string of the molecule is CSC(C)c1ccc(C)cn1. The molecule has 1 aromatic heterocycles. The normalized spacial score (nSPS) is 13.0. The van der Waals surface area contributed by atoms with Gasteiger partial charge in [-0.1, -0.05) is 6.07 Å². The molecule has 0 aromatic carbocycles. The van der Waals surface area contributed by atoms with E-state index in [-0.39, 0.29) is 0 Å². The van der Waals surface area contributed by atoms with Crippen LogP contribution in [0.4, 0.5) is 0 Å². The molecule has 2 heteroatoms. The third-order valence-corrected chi connectivity index (χ3v) is 2.65. The lowest BCUT2D eigenvalue weighted by molar-refractivity contribution is 1.00. The highest BCUT2D eigenvalue weighted by Gasteiger charge is 2.02. The van der Waals surface area contributed by atoms with Crippen molar-refractivity contribution in [2.75, 3.05) is 6.26 Å². The molecule has 0 N–H and O–H groups in total. The summed E-state index contributed by atoms with van der Waals surface area (Å²) in [6.45, 7) is 4.23. The number of aromatic nitrogens is 1. The third kappa shape index (κ3) is 2.22. The van der Waals surface area contributed by atoms with Gasteiger partial charge in [0.05, 0.1) is 5.69 Å². The predicted octanol–water partition coefficient (Wildman–Crippen LogP) is 2.81. The Bertz CT molecular complexity index is 218. The largest absolute Gasteiger partial charge is 0.260 e. The van der Waals surface area contributed by atoms with Crippen LogP contribution in [-0.4, -0.2) is 11.2 Å². The fourth-order valence-electron chi connectivity index (χ4n) is 0.840. The zero-order valence-corrected chi connectivity index (χ0v) is 7.98.